The van der Waals surface area contributed by atoms with Gasteiger partial charge in [-0.3, -0.25) is 5.32 Å². The van der Waals surface area contributed by atoms with Crippen molar-refractivity contribution in [3.8, 4) is 0 Å². The van der Waals surface area contributed by atoms with Gasteiger partial charge >= 0.3 is 18.2 Å². The number of amides is 2. The van der Waals surface area contributed by atoms with E-state index in [2.05, 4.69) is 15.6 Å². The van der Waals surface area contributed by atoms with Gasteiger partial charge in [0.05, 0.1) is 0 Å². The number of rotatable bonds is 9. The third-order valence-corrected chi connectivity index (χ3v) is 4.07. The largest absolute Gasteiger partial charge is 0.479 e. The van der Waals surface area contributed by atoms with E-state index in [1.54, 1.807) is 48.5 Å². The molecule has 0 saturated carbocycles. The summed E-state index contributed by atoms with van der Waals surface area (Å²) in [6.07, 6.45) is -3.07. The van der Waals surface area contributed by atoms with Crippen molar-refractivity contribution in [3.05, 3.63) is 71.8 Å². The average Bonchev–Trinajstić information content (AvgIpc) is 2.80. The number of aliphatic hydroxyl groups excluding tert-OH is 1. The third-order valence-electron chi connectivity index (χ3n) is 4.07. The molecule has 2 amide bonds. The summed E-state index contributed by atoms with van der Waals surface area (Å²) in [5.74, 6) is -1.54. The molecule has 10 nitrogen and oxygen atoms in total. The quantitative estimate of drug-likeness (QED) is 0.262. The van der Waals surface area contributed by atoms with Crippen LogP contribution < -0.4 is 10.6 Å². The van der Waals surface area contributed by atoms with Crippen LogP contribution in [0.25, 0.3) is 0 Å². The fraction of sp³-hybridized carbons (Fsp3) is 0.273. The maximum absolute atomic E-state index is 12.1. The summed E-state index contributed by atoms with van der Waals surface area (Å²) >= 11 is 0. The molecule has 0 bridgehead atoms. The van der Waals surface area contributed by atoms with Crippen LogP contribution in [-0.2, 0) is 27.5 Å². The Labute approximate surface area is 184 Å². The van der Waals surface area contributed by atoms with Crippen LogP contribution in [0.2, 0.25) is 0 Å². The summed E-state index contributed by atoms with van der Waals surface area (Å²) < 4.78 is 10.2. The van der Waals surface area contributed by atoms with Gasteiger partial charge in [0.15, 0.2) is 6.10 Å². The molecule has 2 aromatic carbocycles. The molecule has 170 valence electrons. The van der Waals surface area contributed by atoms with E-state index in [0.29, 0.717) is 0 Å². The zero-order valence-corrected chi connectivity index (χ0v) is 17.3. The van der Waals surface area contributed by atoms with Gasteiger partial charge in [-0.05, 0) is 24.0 Å². The number of carbonyl (C=O) groups excluding carboxylic acids is 2. The second-order valence-electron chi connectivity index (χ2n) is 6.61. The number of carbonyl (C=O) groups is 3. The van der Waals surface area contributed by atoms with Gasteiger partial charge in [0.25, 0.3) is 0 Å². The number of carboxylic acids is 1. The lowest BCUT2D eigenvalue weighted by atomic mass is 10.2. The van der Waals surface area contributed by atoms with Crippen molar-refractivity contribution < 1.29 is 34.1 Å². The van der Waals surface area contributed by atoms with Gasteiger partial charge in [-0.15, -0.1) is 4.99 Å². The van der Waals surface area contributed by atoms with E-state index < -0.39 is 24.3 Å². The lowest BCUT2D eigenvalue weighted by molar-refractivity contribution is -0.146. The highest BCUT2D eigenvalue weighted by Crippen LogP contribution is 2.03. The first-order chi connectivity index (χ1) is 15.4. The van der Waals surface area contributed by atoms with Crippen molar-refractivity contribution in [2.45, 2.75) is 32.2 Å². The summed E-state index contributed by atoms with van der Waals surface area (Å²) in [5.41, 5.74) is 1.54. The molecular formula is C22H25N3O7. The molecule has 0 unspecified atom stereocenters. The Kier molecular flexibility index (Phi) is 10.2. The first-order valence-electron chi connectivity index (χ1n) is 9.86. The molecule has 0 saturated heterocycles. The van der Waals surface area contributed by atoms with Crippen LogP contribution in [-0.4, -0.2) is 47.0 Å². The van der Waals surface area contributed by atoms with E-state index in [0.717, 1.165) is 11.1 Å². The van der Waals surface area contributed by atoms with Crippen molar-refractivity contribution in [3.63, 3.8) is 0 Å². The topological polar surface area (TPSA) is 147 Å². The van der Waals surface area contributed by atoms with E-state index >= 15 is 0 Å². The molecule has 2 rings (SSSR count). The lowest BCUT2D eigenvalue weighted by Gasteiger charge is -2.12. The van der Waals surface area contributed by atoms with Crippen molar-refractivity contribution >= 4 is 24.1 Å². The zero-order chi connectivity index (χ0) is 23.2. The summed E-state index contributed by atoms with van der Waals surface area (Å²) in [6.45, 7) is 0.150. The zero-order valence-electron chi connectivity index (χ0n) is 17.3. The minimum atomic E-state index is -1.50. The molecule has 0 heterocycles. The first kappa shape index (κ1) is 24.4. The van der Waals surface area contributed by atoms with Crippen molar-refractivity contribution in [2.24, 2.45) is 4.99 Å². The molecule has 1 atom stereocenters. The van der Waals surface area contributed by atoms with Crippen molar-refractivity contribution in [1.82, 2.24) is 10.6 Å². The highest BCUT2D eigenvalue weighted by Gasteiger charge is 2.14. The molecule has 2 aromatic rings. The number of hydrogen-bond acceptors (Lipinski definition) is 6. The molecule has 0 aromatic heterocycles. The molecule has 0 radical (unpaired) electrons. The fourth-order valence-corrected chi connectivity index (χ4v) is 2.44. The maximum Gasteiger partial charge on any atom is 0.437 e. The summed E-state index contributed by atoms with van der Waals surface area (Å²) in [5, 5.41) is 23.1. The summed E-state index contributed by atoms with van der Waals surface area (Å²) in [7, 11) is 0. The maximum atomic E-state index is 12.1. The van der Waals surface area contributed by atoms with E-state index in [-0.39, 0.29) is 38.6 Å². The average molecular weight is 443 g/mol. The predicted octanol–water partition coefficient (Wildman–Crippen LogP) is 2.42. The number of ether oxygens (including phenoxy) is 2. The number of benzene rings is 2. The molecule has 0 spiro atoms. The van der Waals surface area contributed by atoms with Crippen LogP contribution in [0.3, 0.4) is 0 Å². The minimum absolute atomic E-state index is 0.000287. The number of hydrogen-bond donors (Lipinski definition) is 4. The highest BCUT2D eigenvalue weighted by atomic mass is 16.6. The highest BCUT2D eigenvalue weighted by molar-refractivity contribution is 5.98. The molecule has 4 N–H and O–H groups in total. The minimum Gasteiger partial charge on any atom is -0.479 e. The Morgan fingerprint density at radius 1 is 0.906 bits per heavy atom. The second kappa shape index (κ2) is 13.4. The third kappa shape index (κ3) is 9.72. The molecule has 32 heavy (non-hydrogen) atoms. The van der Waals surface area contributed by atoms with E-state index in [1.807, 2.05) is 12.1 Å². The Morgan fingerprint density at radius 3 is 2.03 bits per heavy atom. The second-order valence-corrected chi connectivity index (χ2v) is 6.61. The SMILES string of the molecule is O=C(/N=C(\NCCC[C@H](O)C(=O)O)NC(=O)OCc1ccccc1)OCc1ccccc1. The monoisotopic (exact) mass is 443 g/mol. The molecule has 0 fully saturated rings. The number of carboxylic acid groups (broad SMARTS) is 1. The summed E-state index contributed by atoms with van der Waals surface area (Å²) in [4.78, 5) is 38.5. The Hall–Kier alpha value is -3.92. The van der Waals surface area contributed by atoms with Gasteiger partial charge in [-0.25, -0.2) is 14.4 Å². The van der Waals surface area contributed by atoms with Crippen LogP contribution in [0, 0.1) is 0 Å². The fourth-order valence-electron chi connectivity index (χ4n) is 2.44. The Bertz CT molecular complexity index is 904. The molecule has 10 heteroatoms. The number of guanidine groups is 1. The Morgan fingerprint density at radius 2 is 1.47 bits per heavy atom. The first-order valence-corrected chi connectivity index (χ1v) is 9.86. The van der Waals surface area contributed by atoms with E-state index in [1.165, 1.54) is 0 Å². The van der Waals surface area contributed by atoms with Crippen LogP contribution >= 0.6 is 0 Å². The number of aliphatic carboxylic acids is 1. The number of nitrogens with one attached hydrogen (secondary N) is 2. The smallest absolute Gasteiger partial charge is 0.437 e. The summed E-state index contributed by atoms with van der Waals surface area (Å²) in [6, 6.07) is 18.0. The van der Waals surface area contributed by atoms with E-state index in [9.17, 15) is 19.5 Å². The van der Waals surface area contributed by atoms with Gasteiger partial charge in [-0.1, -0.05) is 60.7 Å². The van der Waals surface area contributed by atoms with Gasteiger partial charge in [0.2, 0.25) is 5.96 Å². The molecule has 0 aliphatic carbocycles. The van der Waals surface area contributed by atoms with Gasteiger partial charge in [0, 0.05) is 6.54 Å². The van der Waals surface area contributed by atoms with Crippen LogP contribution in [0.4, 0.5) is 9.59 Å². The van der Waals surface area contributed by atoms with E-state index in [4.69, 9.17) is 14.6 Å². The molecular weight excluding hydrogens is 418 g/mol. The van der Waals surface area contributed by atoms with Crippen LogP contribution in [0.1, 0.15) is 24.0 Å². The standard InChI is InChI=1S/C22H25N3O7/c26-18(19(27)28)12-7-13-23-20(24-21(29)31-14-16-8-3-1-4-9-16)25-22(30)32-15-17-10-5-2-6-11-17/h1-6,8-11,18,26H,7,12-15H2,(H,27,28)(H2,23,24,25,29,30)/t18-/m0/s1. The normalized spacial score (nSPS) is 11.8. The number of aliphatic hydroxyl groups is 1. The van der Waals surface area contributed by atoms with Crippen LogP contribution in [0.15, 0.2) is 65.7 Å². The lowest BCUT2D eigenvalue weighted by Crippen LogP contribution is -2.42. The predicted molar refractivity (Wildman–Crippen MR) is 115 cm³/mol. The van der Waals surface area contributed by atoms with Gasteiger partial charge < -0.3 is 25.0 Å². The Balaban J connectivity index is 1.90. The number of aliphatic imine (C=N–C) groups is 1. The van der Waals surface area contributed by atoms with Gasteiger partial charge in [-0.2, -0.15) is 0 Å². The molecule has 0 aliphatic rings. The number of alkyl carbamates (subject to hydrolysis) is 1. The molecule has 0 aliphatic heterocycles. The van der Waals surface area contributed by atoms with Crippen molar-refractivity contribution in [1.29, 1.82) is 0 Å². The number of nitrogens with zero attached hydrogens (tertiary/aromatic N) is 1. The van der Waals surface area contributed by atoms with Crippen LogP contribution in [0.5, 0.6) is 0 Å². The van der Waals surface area contributed by atoms with Gasteiger partial charge in [0.1, 0.15) is 13.2 Å². The van der Waals surface area contributed by atoms with Crippen molar-refractivity contribution in [2.75, 3.05) is 6.54 Å².